The van der Waals surface area contributed by atoms with Gasteiger partial charge in [0.25, 0.3) is 0 Å². The maximum Gasteiger partial charge on any atom is 0.215 e. The molecule has 0 aromatic carbocycles. The number of carbonyl (C=O) groups excluding carboxylic acids is 3. The number of ether oxygens (including phenoxy) is 2. The van der Waals surface area contributed by atoms with Crippen molar-refractivity contribution in [1.82, 2.24) is 9.97 Å². The number of hydrogen-bond donors (Lipinski definition) is 0. The lowest BCUT2D eigenvalue weighted by Gasteiger charge is -2.26. The van der Waals surface area contributed by atoms with Gasteiger partial charge in [0, 0.05) is 35.9 Å². The Labute approximate surface area is 193 Å². The molecule has 9 nitrogen and oxygen atoms in total. The van der Waals surface area contributed by atoms with Crippen LogP contribution in [-0.4, -0.2) is 79.9 Å². The minimum atomic E-state index is -1.08. The van der Waals surface area contributed by atoms with E-state index in [4.69, 9.17) is 9.47 Å². The Kier molecular flexibility index (Phi) is 5.82. The maximum absolute atomic E-state index is 13.5. The van der Waals surface area contributed by atoms with E-state index in [0.29, 0.717) is 73.7 Å². The molecular formula is C21H24N4O5S2. The first-order chi connectivity index (χ1) is 15.5. The molecule has 1 aliphatic carbocycles. The zero-order chi connectivity index (χ0) is 22.4. The van der Waals surface area contributed by atoms with Crippen LogP contribution >= 0.6 is 22.7 Å². The van der Waals surface area contributed by atoms with Gasteiger partial charge in [0.15, 0.2) is 16.0 Å². The van der Waals surface area contributed by atoms with Crippen molar-refractivity contribution in [3.63, 3.8) is 0 Å². The van der Waals surface area contributed by atoms with Crippen LogP contribution in [0.4, 0.5) is 10.3 Å². The van der Waals surface area contributed by atoms with Gasteiger partial charge < -0.3 is 19.3 Å². The Balaban J connectivity index is 1.44. The van der Waals surface area contributed by atoms with Crippen LogP contribution < -0.4 is 9.80 Å². The second kappa shape index (κ2) is 8.62. The molecule has 2 aromatic rings. The van der Waals surface area contributed by atoms with Crippen LogP contribution in [0.25, 0.3) is 0 Å². The Bertz CT molecular complexity index is 986. The molecule has 2 atom stereocenters. The molecule has 170 valence electrons. The molecule has 3 fully saturated rings. The maximum atomic E-state index is 13.5. The Morgan fingerprint density at radius 1 is 0.719 bits per heavy atom. The van der Waals surface area contributed by atoms with E-state index in [1.165, 1.54) is 22.7 Å². The molecule has 3 aliphatic rings. The summed E-state index contributed by atoms with van der Waals surface area (Å²) in [5.74, 6) is -3.79. The standard InChI is InChI=1S/C21H24N4O5S2/c1-11-18(31-20(22-11)24-3-7-29-8-4-24)13-15(26)14(17(28)16(13)27)19-12(2)23-21(32-19)25-5-9-30-10-6-25/h13-14H,3-10H2,1-2H3. The highest BCUT2D eigenvalue weighted by molar-refractivity contribution is 7.17. The fraction of sp³-hybridized carbons (Fsp3) is 0.571. The topological polar surface area (TPSA) is 102 Å². The highest BCUT2D eigenvalue weighted by Gasteiger charge is 2.52. The SMILES string of the molecule is Cc1nc(N2CCOCC2)sc1C1C(=O)C(=O)C(c2sc(N3CCOCC3)nc2C)C1=O. The number of ketones is 3. The van der Waals surface area contributed by atoms with Gasteiger partial charge in [-0.1, -0.05) is 0 Å². The predicted octanol–water partition coefficient (Wildman–Crippen LogP) is 1.48. The third kappa shape index (κ3) is 3.66. The van der Waals surface area contributed by atoms with E-state index in [-0.39, 0.29) is 5.78 Å². The van der Waals surface area contributed by atoms with Crippen LogP contribution in [0.1, 0.15) is 33.0 Å². The van der Waals surface area contributed by atoms with Crippen molar-refractivity contribution >= 4 is 50.3 Å². The number of anilines is 2. The van der Waals surface area contributed by atoms with E-state index in [9.17, 15) is 14.4 Å². The van der Waals surface area contributed by atoms with Crippen LogP contribution in [0.3, 0.4) is 0 Å². The fourth-order valence-electron chi connectivity index (χ4n) is 4.31. The average molecular weight is 477 g/mol. The first-order valence-electron chi connectivity index (χ1n) is 10.7. The molecule has 5 rings (SSSR count). The van der Waals surface area contributed by atoms with Crippen molar-refractivity contribution in [1.29, 1.82) is 0 Å². The summed E-state index contributed by atoms with van der Waals surface area (Å²) in [5, 5.41) is 1.53. The summed E-state index contributed by atoms with van der Waals surface area (Å²) in [6.07, 6.45) is 0. The second-order valence-electron chi connectivity index (χ2n) is 8.09. The lowest BCUT2D eigenvalue weighted by atomic mass is 9.98. The van der Waals surface area contributed by atoms with E-state index in [0.717, 1.165) is 10.3 Å². The van der Waals surface area contributed by atoms with Gasteiger partial charge in [-0.2, -0.15) is 0 Å². The van der Waals surface area contributed by atoms with Crippen molar-refractivity contribution in [2.45, 2.75) is 25.7 Å². The number of aryl methyl sites for hydroxylation is 2. The summed E-state index contributed by atoms with van der Waals surface area (Å²) in [4.78, 5) is 54.0. The summed E-state index contributed by atoms with van der Waals surface area (Å²) in [5.41, 5.74) is 1.26. The summed E-state index contributed by atoms with van der Waals surface area (Å²) in [6.45, 7) is 8.91. The number of carbonyl (C=O) groups is 3. The van der Waals surface area contributed by atoms with Gasteiger partial charge >= 0.3 is 0 Å². The summed E-state index contributed by atoms with van der Waals surface area (Å²) >= 11 is 2.67. The third-order valence-corrected chi connectivity index (χ3v) is 8.63. The molecule has 2 aliphatic heterocycles. The number of nitrogens with zero attached hydrogens (tertiary/aromatic N) is 4. The van der Waals surface area contributed by atoms with Gasteiger partial charge in [0.2, 0.25) is 11.6 Å². The second-order valence-corrected chi connectivity index (χ2v) is 10.1. The molecule has 11 heteroatoms. The van der Waals surface area contributed by atoms with Crippen LogP contribution in [0, 0.1) is 13.8 Å². The zero-order valence-corrected chi connectivity index (χ0v) is 19.6. The van der Waals surface area contributed by atoms with Crippen molar-refractivity contribution in [3.8, 4) is 0 Å². The highest BCUT2D eigenvalue weighted by Crippen LogP contribution is 2.44. The molecule has 2 unspecified atom stereocenters. The van der Waals surface area contributed by atoms with E-state index < -0.39 is 23.4 Å². The van der Waals surface area contributed by atoms with Crippen LogP contribution in [0.15, 0.2) is 0 Å². The number of aromatic nitrogens is 2. The molecule has 0 spiro atoms. The monoisotopic (exact) mass is 476 g/mol. The molecule has 0 bridgehead atoms. The van der Waals surface area contributed by atoms with Gasteiger partial charge in [-0.05, 0) is 13.8 Å². The molecule has 32 heavy (non-hydrogen) atoms. The lowest BCUT2D eigenvalue weighted by Crippen LogP contribution is -2.36. The van der Waals surface area contributed by atoms with E-state index >= 15 is 0 Å². The van der Waals surface area contributed by atoms with Crippen LogP contribution in [0.5, 0.6) is 0 Å². The Morgan fingerprint density at radius 3 is 1.47 bits per heavy atom. The molecule has 0 amide bonds. The molecule has 2 saturated heterocycles. The minimum Gasteiger partial charge on any atom is -0.378 e. The smallest absolute Gasteiger partial charge is 0.215 e. The Hall–Kier alpha value is -2.21. The van der Waals surface area contributed by atoms with E-state index in [1.807, 2.05) is 0 Å². The predicted molar refractivity (Wildman–Crippen MR) is 120 cm³/mol. The lowest BCUT2D eigenvalue weighted by molar-refractivity contribution is -0.135. The third-order valence-electron chi connectivity index (χ3n) is 6.07. The quantitative estimate of drug-likeness (QED) is 0.480. The fourth-order valence-corrected chi connectivity index (χ4v) is 6.76. The highest BCUT2D eigenvalue weighted by atomic mass is 32.1. The molecule has 0 N–H and O–H groups in total. The van der Waals surface area contributed by atoms with Gasteiger partial charge in [0.05, 0.1) is 37.8 Å². The first-order valence-corrected chi connectivity index (χ1v) is 12.3. The molecule has 0 radical (unpaired) electrons. The molecule has 1 saturated carbocycles. The first kappa shape index (κ1) is 21.6. The van der Waals surface area contributed by atoms with E-state index in [1.54, 1.807) is 13.8 Å². The number of Topliss-reactive ketones (excluding diaryl/α,β-unsaturated/α-hetero) is 3. The zero-order valence-electron chi connectivity index (χ0n) is 18.0. The number of rotatable bonds is 4. The van der Waals surface area contributed by atoms with Crippen LogP contribution in [0.2, 0.25) is 0 Å². The normalized spacial score (nSPS) is 24.6. The number of hydrogen-bond acceptors (Lipinski definition) is 11. The van der Waals surface area contributed by atoms with Crippen molar-refractivity contribution < 1.29 is 23.9 Å². The van der Waals surface area contributed by atoms with Crippen molar-refractivity contribution in [2.75, 3.05) is 62.4 Å². The van der Waals surface area contributed by atoms with Gasteiger partial charge in [-0.3, -0.25) is 14.4 Å². The van der Waals surface area contributed by atoms with E-state index in [2.05, 4.69) is 19.8 Å². The minimum absolute atomic E-state index is 0.361. The summed E-state index contributed by atoms with van der Waals surface area (Å²) in [7, 11) is 0. The largest absolute Gasteiger partial charge is 0.378 e. The van der Waals surface area contributed by atoms with Crippen molar-refractivity contribution in [2.24, 2.45) is 0 Å². The summed E-state index contributed by atoms with van der Waals surface area (Å²) in [6, 6.07) is 0. The average Bonchev–Trinajstić information content (AvgIpc) is 3.44. The van der Waals surface area contributed by atoms with Gasteiger partial charge in [-0.15, -0.1) is 22.7 Å². The molecule has 2 aromatic heterocycles. The summed E-state index contributed by atoms with van der Waals surface area (Å²) < 4.78 is 10.8. The van der Waals surface area contributed by atoms with Crippen molar-refractivity contribution in [3.05, 3.63) is 21.1 Å². The number of morpholine rings is 2. The van der Waals surface area contributed by atoms with Gasteiger partial charge in [-0.25, -0.2) is 9.97 Å². The molecular weight excluding hydrogens is 452 g/mol. The van der Waals surface area contributed by atoms with Gasteiger partial charge in [0.1, 0.15) is 11.8 Å². The molecule has 4 heterocycles. The van der Waals surface area contributed by atoms with Crippen LogP contribution in [-0.2, 0) is 23.9 Å². The Morgan fingerprint density at radius 2 is 1.09 bits per heavy atom. The number of thiazole rings is 2.